The van der Waals surface area contributed by atoms with Gasteiger partial charge >= 0.3 is 0 Å². The number of hydrogen-bond acceptors (Lipinski definition) is 7. The van der Waals surface area contributed by atoms with Gasteiger partial charge in [-0.3, -0.25) is 14.2 Å². The minimum absolute atomic E-state index is 0.160. The second-order valence-corrected chi connectivity index (χ2v) is 10.5. The predicted octanol–water partition coefficient (Wildman–Crippen LogP) is 6.06. The van der Waals surface area contributed by atoms with Crippen molar-refractivity contribution in [3.8, 4) is 22.6 Å². The summed E-state index contributed by atoms with van der Waals surface area (Å²) in [6, 6.07) is 18.4. The number of rotatable bonds is 5. The number of para-hydroxylation sites is 1. The van der Waals surface area contributed by atoms with Gasteiger partial charge in [0.1, 0.15) is 29.8 Å². The average molecular weight is 595 g/mol. The molecule has 43 heavy (non-hydrogen) atoms. The van der Waals surface area contributed by atoms with Gasteiger partial charge in [-0.25, -0.2) is 14.4 Å². The Bertz CT molecular complexity index is 2160. The third-order valence-electron chi connectivity index (χ3n) is 7.53. The summed E-state index contributed by atoms with van der Waals surface area (Å²) in [5.41, 5.74) is 2.41. The SMILES string of the molecule is C[C@H](Nc1ncnc2[nH]ccc(=O)c12)c1c(Cl)c2cccc(-c3cc(F)c4c(c3)NCCO4)c2c(=O)n1-c1ccccc1. The Balaban J connectivity index is 1.47. The van der Waals surface area contributed by atoms with Crippen molar-refractivity contribution >= 4 is 44.9 Å². The summed E-state index contributed by atoms with van der Waals surface area (Å²) in [5.74, 6) is -0.0588. The van der Waals surface area contributed by atoms with E-state index >= 15 is 4.39 Å². The van der Waals surface area contributed by atoms with Gasteiger partial charge in [0.2, 0.25) is 0 Å². The fraction of sp³-hybridized carbons (Fsp3) is 0.125. The number of aromatic nitrogens is 4. The first-order valence-electron chi connectivity index (χ1n) is 13.6. The van der Waals surface area contributed by atoms with Gasteiger partial charge in [-0.15, -0.1) is 0 Å². The van der Waals surface area contributed by atoms with Crippen LogP contribution in [-0.4, -0.2) is 32.7 Å². The third kappa shape index (κ3) is 4.47. The summed E-state index contributed by atoms with van der Waals surface area (Å²) in [6.07, 6.45) is 2.87. The van der Waals surface area contributed by atoms with Crippen molar-refractivity contribution in [2.45, 2.75) is 13.0 Å². The van der Waals surface area contributed by atoms with Gasteiger partial charge in [-0.1, -0.05) is 48.0 Å². The zero-order chi connectivity index (χ0) is 29.7. The second kappa shape index (κ2) is 10.6. The highest BCUT2D eigenvalue weighted by Crippen LogP contribution is 2.40. The quantitative estimate of drug-likeness (QED) is 0.222. The summed E-state index contributed by atoms with van der Waals surface area (Å²) in [5, 5.41) is 7.92. The molecule has 0 unspecified atom stereocenters. The Kier molecular flexibility index (Phi) is 6.55. The van der Waals surface area contributed by atoms with Crippen LogP contribution < -0.4 is 26.4 Å². The summed E-state index contributed by atoms with van der Waals surface area (Å²) in [4.78, 5) is 38.7. The topological polar surface area (TPSA) is 114 Å². The molecule has 1 aliphatic rings. The van der Waals surface area contributed by atoms with Crippen molar-refractivity contribution in [1.82, 2.24) is 19.5 Å². The molecule has 11 heteroatoms. The summed E-state index contributed by atoms with van der Waals surface area (Å²) < 4.78 is 22.2. The van der Waals surface area contributed by atoms with Crippen molar-refractivity contribution in [1.29, 1.82) is 0 Å². The lowest BCUT2D eigenvalue weighted by molar-refractivity contribution is 0.306. The number of nitrogens with zero attached hydrogens (tertiary/aromatic N) is 3. The largest absolute Gasteiger partial charge is 0.486 e. The molecule has 0 fully saturated rings. The zero-order valence-electron chi connectivity index (χ0n) is 22.8. The van der Waals surface area contributed by atoms with Crippen molar-refractivity contribution in [3.63, 3.8) is 0 Å². The first kappa shape index (κ1) is 26.7. The minimum Gasteiger partial charge on any atom is -0.486 e. The molecule has 214 valence electrons. The first-order valence-corrected chi connectivity index (χ1v) is 14.0. The monoisotopic (exact) mass is 594 g/mol. The second-order valence-electron chi connectivity index (χ2n) is 10.2. The van der Waals surface area contributed by atoms with E-state index in [2.05, 4.69) is 25.6 Å². The van der Waals surface area contributed by atoms with E-state index in [-0.39, 0.29) is 22.1 Å². The molecule has 0 amide bonds. The van der Waals surface area contributed by atoms with Gasteiger partial charge in [0.05, 0.1) is 27.8 Å². The maximum absolute atomic E-state index is 15.1. The van der Waals surface area contributed by atoms with E-state index in [4.69, 9.17) is 16.3 Å². The van der Waals surface area contributed by atoms with Crippen molar-refractivity contribution < 1.29 is 9.13 Å². The van der Waals surface area contributed by atoms with Crippen LogP contribution in [0.5, 0.6) is 5.75 Å². The fourth-order valence-corrected chi connectivity index (χ4v) is 6.04. The lowest BCUT2D eigenvalue weighted by Gasteiger charge is -2.24. The molecule has 6 aromatic rings. The molecule has 0 radical (unpaired) electrons. The number of benzene rings is 3. The summed E-state index contributed by atoms with van der Waals surface area (Å²) in [7, 11) is 0. The number of pyridine rings is 2. The molecule has 3 aromatic heterocycles. The number of aromatic amines is 1. The summed E-state index contributed by atoms with van der Waals surface area (Å²) in [6.45, 7) is 2.74. The third-order valence-corrected chi connectivity index (χ3v) is 7.93. The highest BCUT2D eigenvalue weighted by Gasteiger charge is 2.25. The molecule has 4 heterocycles. The van der Waals surface area contributed by atoms with Crippen LogP contribution in [0.3, 0.4) is 0 Å². The van der Waals surface area contributed by atoms with Gasteiger partial charge in [0.15, 0.2) is 17.0 Å². The molecule has 9 nitrogen and oxygen atoms in total. The normalized spacial score (nSPS) is 13.3. The Hall–Kier alpha value is -5.22. The predicted molar refractivity (Wildman–Crippen MR) is 166 cm³/mol. The number of H-pyrrole nitrogens is 1. The van der Waals surface area contributed by atoms with E-state index in [9.17, 15) is 9.59 Å². The van der Waals surface area contributed by atoms with Crippen LogP contribution in [0.25, 0.3) is 38.6 Å². The minimum atomic E-state index is -0.589. The Morgan fingerprint density at radius 1 is 1.05 bits per heavy atom. The van der Waals surface area contributed by atoms with E-state index in [1.165, 1.54) is 24.7 Å². The Morgan fingerprint density at radius 3 is 2.72 bits per heavy atom. The van der Waals surface area contributed by atoms with Gasteiger partial charge in [-0.05, 0) is 42.3 Å². The molecule has 1 atom stereocenters. The van der Waals surface area contributed by atoms with Gasteiger partial charge in [0.25, 0.3) is 5.56 Å². The van der Waals surface area contributed by atoms with E-state index in [1.807, 2.05) is 37.3 Å². The molecular formula is C32H24ClFN6O3. The molecule has 3 N–H and O–H groups in total. The van der Waals surface area contributed by atoms with E-state index < -0.39 is 11.9 Å². The number of fused-ring (bicyclic) bond motifs is 3. The van der Waals surface area contributed by atoms with E-state index in [1.54, 1.807) is 28.8 Å². The maximum Gasteiger partial charge on any atom is 0.263 e. The lowest BCUT2D eigenvalue weighted by atomic mass is 9.96. The molecule has 3 aromatic carbocycles. The molecule has 1 aliphatic heterocycles. The first-order chi connectivity index (χ1) is 20.9. The number of halogens is 2. The van der Waals surface area contributed by atoms with Crippen LogP contribution >= 0.6 is 11.6 Å². The standard InChI is InChI=1S/C32H24ClFN6O3/c1-17(39-31-26-24(41)10-11-36-30(26)37-16-38-31)28-27(33)21-9-5-8-20(18-14-22(34)29-23(15-18)35-12-13-43-29)25(21)32(42)40(28)19-6-3-2-4-7-19/h2-11,14-17,35H,12-13H2,1H3,(H2,36,37,38,39,41)/t17-/m0/s1. The number of nitrogens with one attached hydrogen (secondary N) is 3. The molecular weight excluding hydrogens is 571 g/mol. The van der Waals surface area contributed by atoms with Gasteiger partial charge in [0, 0.05) is 29.9 Å². The molecule has 0 aliphatic carbocycles. The molecule has 0 bridgehead atoms. The van der Waals surface area contributed by atoms with Crippen LogP contribution in [0.2, 0.25) is 5.02 Å². The van der Waals surface area contributed by atoms with Gasteiger partial charge < -0.3 is 20.4 Å². The number of hydrogen-bond donors (Lipinski definition) is 3. The summed E-state index contributed by atoms with van der Waals surface area (Å²) >= 11 is 7.18. The molecule has 0 saturated heterocycles. The maximum atomic E-state index is 15.1. The van der Waals surface area contributed by atoms with Crippen molar-refractivity contribution in [2.75, 3.05) is 23.8 Å². The molecule has 7 rings (SSSR count). The van der Waals surface area contributed by atoms with Crippen LogP contribution in [0.1, 0.15) is 18.7 Å². The van der Waals surface area contributed by atoms with Crippen molar-refractivity contribution in [2.24, 2.45) is 0 Å². The number of ether oxygens (including phenoxy) is 1. The van der Waals surface area contributed by atoms with Crippen LogP contribution in [-0.2, 0) is 0 Å². The zero-order valence-corrected chi connectivity index (χ0v) is 23.6. The Morgan fingerprint density at radius 2 is 1.88 bits per heavy atom. The lowest BCUT2D eigenvalue weighted by Crippen LogP contribution is -2.27. The van der Waals surface area contributed by atoms with E-state index in [0.29, 0.717) is 68.6 Å². The molecule has 0 saturated carbocycles. The smallest absolute Gasteiger partial charge is 0.263 e. The Labute approximate surface area is 249 Å². The van der Waals surface area contributed by atoms with Crippen LogP contribution in [0, 0.1) is 5.82 Å². The van der Waals surface area contributed by atoms with Crippen LogP contribution in [0.15, 0.2) is 88.8 Å². The average Bonchev–Trinajstić information content (AvgIpc) is 3.03. The fourth-order valence-electron chi connectivity index (χ4n) is 5.64. The molecule has 0 spiro atoms. The van der Waals surface area contributed by atoms with Crippen LogP contribution in [0.4, 0.5) is 15.9 Å². The van der Waals surface area contributed by atoms with Gasteiger partial charge in [-0.2, -0.15) is 0 Å². The highest BCUT2D eigenvalue weighted by atomic mass is 35.5. The van der Waals surface area contributed by atoms with E-state index in [0.717, 1.165) is 0 Å². The highest BCUT2D eigenvalue weighted by molar-refractivity contribution is 6.36. The van der Waals surface area contributed by atoms with Crippen molar-refractivity contribution in [3.05, 3.63) is 116 Å². The number of anilines is 2.